The number of pyridine rings is 2. The Kier molecular flexibility index (Phi) is 8.60. The summed E-state index contributed by atoms with van der Waals surface area (Å²) in [5, 5.41) is 3.05. The molecule has 3 aromatic heterocycles. The Labute approximate surface area is 251 Å². The molecule has 220 valence electrons. The maximum atomic E-state index is 12.2. The van der Waals surface area contributed by atoms with Gasteiger partial charge in [-0.15, -0.1) is 0 Å². The van der Waals surface area contributed by atoms with Gasteiger partial charge in [0.05, 0.1) is 17.9 Å². The number of aromatic nitrogens is 4. The molecule has 0 spiro atoms. The van der Waals surface area contributed by atoms with Crippen molar-refractivity contribution in [3.05, 3.63) is 90.6 Å². The largest absolute Gasteiger partial charge is 0.450 e. The number of nitrogens with one attached hydrogen (secondary N) is 1. The summed E-state index contributed by atoms with van der Waals surface area (Å²) in [4.78, 5) is 28.9. The molecule has 1 amide bonds. The van der Waals surface area contributed by atoms with Crippen molar-refractivity contribution in [2.45, 2.75) is 45.2 Å². The Morgan fingerprint density at radius 3 is 2.65 bits per heavy atom. The topological polar surface area (TPSA) is 111 Å². The molecule has 0 bridgehead atoms. The van der Waals surface area contributed by atoms with Crippen molar-refractivity contribution >= 4 is 23.1 Å². The van der Waals surface area contributed by atoms with Gasteiger partial charge in [-0.3, -0.25) is 9.47 Å². The zero-order chi connectivity index (χ0) is 29.6. The van der Waals surface area contributed by atoms with Crippen molar-refractivity contribution in [2.24, 2.45) is 0 Å². The van der Waals surface area contributed by atoms with Crippen LogP contribution in [0.25, 0.3) is 39.5 Å². The highest BCUT2D eigenvalue weighted by atomic mass is 16.5. The Balaban J connectivity index is 1.26. The number of anilines is 1. The number of carbonyl (C=O) groups is 1. The van der Waals surface area contributed by atoms with Gasteiger partial charge in [-0.1, -0.05) is 55.8 Å². The predicted molar refractivity (Wildman–Crippen MR) is 170 cm³/mol. The third-order valence-corrected chi connectivity index (χ3v) is 7.81. The minimum Gasteiger partial charge on any atom is -0.450 e. The fourth-order valence-electron chi connectivity index (χ4n) is 5.60. The van der Waals surface area contributed by atoms with E-state index in [-0.39, 0.29) is 12.1 Å². The number of imidazole rings is 1. The molecule has 1 unspecified atom stereocenters. The lowest BCUT2D eigenvalue weighted by molar-refractivity contribution is 0.127. The maximum absolute atomic E-state index is 12.2. The number of rotatable bonds is 9. The number of hydrogen-bond acceptors (Lipinski definition) is 7. The van der Waals surface area contributed by atoms with Crippen molar-refractivity contribution < 1.29 is 9.53 Å². The van der Waals surface area contributed by atoms with Gasteiger partial charge in [-0.2, -0.15) is 0 Å². The van der Waals surface area contributed by atoms with Crippen molar-refractivity contribution in [1.29, 1.82) is 0 Å². The maximum Gasteiger partial charge on any atom is 0.407 e. The van der Waals surface area contributed by atoms with E-state index in [9.17, 15) is 4.79 Å². The molecule has 9 heteroatoms. The van der Waals surface area contributed by atoms with E-state index in [1.54, 1.807) is 6.20 Å². The van der Waals surface area contributed by atoms with Crippen LogP contribution in [0.3, 0.4) is 0 Å². The van der Waals surface area contributed by atoms with Crippen LogP contribution in [0, 0.1) is 0 Å². The minimum atomic E-state index is -0.314. The summed E-state index contributed by atoms with van der Waals surface area (Å²) in [5.74, 6) is 1.11. The zero-order valence-corrected chi connectivity index (χ0v) is 24.4. The first-order valence-corrected chi connectivity index (χ1v) is 15.0. The van der Waals surface area contributed by atoms with Crippen LogP contribution in [-0.2, 0) is 11.3 Å². The lowest BCUT2D eigenvalue weighted by Gasteiger charge is -2.33. The normalized spacial score (nSPS) is 15.4. The number of carbonyl (C=O) groups excluding carboxylic acids is 1. The molecule has 4 heterocycles. The number of alkyl carbamates (subject to hydrolysis) is 1. The number of piperidine rings is 1. The van der Waals surface area contributed by atoms with E-state index in [0.717, 1.165) is 79.0 Å². The van der Waals surface area contributed by atoms with E-state index >= 15 is 0 Å². The van der Waals surface area contributed by atoms with Crippen LogP contribution < -0.4 is 11.1 Å². The fraction of sp³-hybridized carbons (Fsp3) is 0.294. The molecular weight excluding hydrogens is 538 g/mol. The molecule has 1 atom stereocenters. The highest BCUT2D eigenvalue weighted by Gasteiger charge is 2.23. The molecule has 3 N–H and O–H groups in total. The average Bonchev–Trinajstić information content (AvgIpc) is 3.41. The molecule has 9 nitrogen and oxygen atoms in total. The van der Waals surface area contributed by atoms with Gasteiger partial charge in [0.2, 0.25) is 0 Å². The van der Waals surface area contributed by atoms with Crippen LogP contribution in [0.4, 0.5) is 10.6 Å². The number of benzene rings is 2. The first-order valence-electron chi connectivity index (χ1n) is 15.0. The number of likely N-dealkylation sites (tertiary alicyclic amines) is 1. The van der Waals surface area contributed by atoms with E-state index in [1.807, 2.05) is 42.5 Å². The molecule has 43 heavy (non-hydrogen) atoms. The SMILES string of the molecule is CCCCOC(=O)NC1CCCN(Cc2ccc(-n3c(-c4cccnc4N)nc4ccc(-c5ccccc5)nc43)cc2)C1. The molecule has 1 aliphatic rings. The van der Waals surface area contributed by atoms with E-state index in [4.69, 9.17) is 20.4 Å². The number of amides is 1. The lowest BCUT2D eigenvalue weighted by Crippen LogP contribution is -2.47. The van der Waals surface area contributed by atoms with Gasteiger partial charge in [-0.25, -0.2) is 19.7 Å². The quantitative estimate of drug-likeness (QED) is 0.201. The van der Waals surface area contributed by atoms with Gasteiger partial charge in [-0.05, 0) is 67.8 Å². The molecule has 2 aromatic carbocycles. The zero-order valence-electron chi connectivity index (χ0n) is 24.4. The Hall–Kier alpha value is -4.76. The lowest BCUT2D eigenvalue weighted by atomic mass is 10.0. The number of nitrogens with two attached hydrogens (primary N) is 1. The second-order valence-corrected chi connectivity index (χ2v) is 11.0. The van der Waals surface area contributed by atoms with E-state index in [0.29, 0.717) is 18.2 Å². The van der Waals surface area contributed by atoms with Gasteiger partial charge >= 0.3 is 6.09 Å². The van der Waals surface area contributed by atoms with Crippen molar-refractivity contribution in [3.63, 3.8) is 0 Å². The van der Waals surface area contributed by atoms with Crippen LogP contribution in [0.1, 0.15) is 38.2 Å². The number of unbranched alkanes of at least 4 members (excludes halogenated alkanes) is 1. The first kappa shape index (κ1) is 28.4. The molecule has 1 aliphatic heterocycles. The minimum absolute atomic E-state index is 0.0943. The van der Waals surface area contributed by atoms with Crippen LogP contribution >= 0.6 is 0 Å². The molecule has 1 saturated heterocycles. The molecule has 6 rings (SSSR count). The number of ether oxygens (including phenoxy) is 1. The highest BCUT2D eigenvalue weighted by molar-refractivity contribution is 5.84. The highest BCUT2D eigenvalue weighted by Crippen LogP contribution is 2.32. The number of fused-ring (bicyclic) bond motifs is 1. The first-order chi connectivity index (χ1) is 21.1. The molecule has 0 aliphatic carbocycles. The van der Waals surface area contributed by atoms with Crippen LogP contribution in [0.15, 0.2) is 85.1 Å². The van der Waals surface area contributed by atoms with Crippen molar-refractivity contribution in [1.82, 2.24) is 29.7 Å². The molecule has 5 aromatic rings. The smallest absolute Gasteiger partial charge is 0.407 e. The summed E-state index contributed by atoms with van der Waals surface area (Å²) >= 11 is 0. The summed E-state index contributed by atoms with van der Waals surface area (Å²) in [6, 6.07) is 26.5. The van der Waals surface area contributed by atoms with E-state index in [1.165, 1.54) is 5.56 Å². The molecule has 1 fully saturated rings. The Bertz CT molecular complexity index is 1680. The second kappa shape index (κ2) is 13.0. The summed E-state index contributed by atoms with van der Waals surface area (Å²) in [6.45, 7) is 5.14. The third kappa shape index (κ3) is 6.52. The second-order valence-electron chi connectivity index (χ2n) is 11.0. The average molecular weight is 576 g/mol. The monoisotopic (exact) mass is 575 g/mol. The van der Waals surface area contributed by atoms with Crippen LogP contribution in [-0.4, -0.2) is 56.3 Å². The van der Waals surface area contributed by atoms with Crippen LogP contribution in [0.2, 0.25) is 0 Å². The predicted octanol–water partition coefficient (Wildman–Crippen LogP) is 6.22. The third-order valence-electron chi connectivity index (χ3n) is 7.81. The van der Waals surface area contributed by atoms with Gasteiger partial charge < -0.3 is 15.8 Å². The molecule has 0 saturated carbocycles. The van der Waals surface area contributed by atoms with Gasteiger partial charge in [0.15, 0.2) is 11.5 Å². The van der Waals surface area contributed by atoms with Crippen molar-refractivity contribution in [3.8, 4) is 28.3 Å². The number of nitrogens with zero attached hydrogens (tertiary/aromatic N) is 5. The molecule has 0 radical (unpaired) electrons. The van der Waals surface area contributed by atoms with Crippen molar-refractivity contribution in [2.75, 3.05) is 25.4 Å². The van der Waals surface area contributed by atoms with Crippen LogP contribution in [0.5, 0.6) is 0 Å². The van der Waals surface area contributed by atoms with E-state index < -0.39 is 0 Å². The summed E-state index contributed by atoms with van der Waals surface area (Å²) in [5.41, 5.74) is 12.7. The molecular formula is C34H37N7O2. The summed E-state index contributed by atoms with van der Waals surface area (Å²) in [6.07, 6.45) is 5.25. The van der Waals surface area contributed by atoms with Gasteiger partial charge in [0.25, 0.3) is 0 Å². The Morgan fingerprint density at radius 2 is 1.86 bits per heavy atom. The number of hydrogen-bond donors (Lipinski definition) is 2. The Morgan fingerprint density at radius 1 is 1.02 bits per heavy atom. The number of nitrogen functional groups attached to an aromatic ring is 1. The van der Waals surface area contributed by atoms with Gasteiger partial charge in [0.1, 0.15) is 11.3 Å². The summed E-state index contributed by atoms with van der Waals surface area (Å²) < 4.78 is 7.37. The van der Waals surface area contributed by atoms with Gasteiger partial charge in [0, 0.05) is 36.6 Å². The standard InChI is InChI=1S/C34H37N7O2/c1-2-3-21-43-34(42)37-26-11-8-20-40(23-26)22-24-13-15-27(16-14-24)41-32(28-12-7-19-36-31(28)35)39-30-18-17-29(38-33(30)41)25-9-5-4-6-10-25/h4-7,9-10,12-19,26H,2-3,8,11,20-23H2,1H3,(H2,35,36)(H,37,42). The van der Waals surface area contributed by atoms with E-state index in [2.05, 4.69) is 63.1 Å². The summed E-state index contributed by atoms with van der Waals surface area (Å²) in [7, 11) is 0. The fourth-order valence-corrected chi connectivity index (χ4v) is 5.60.